The van der Waals surface area contributed by atoms with E-state index in [-0.39, 0.29) is 17.9 Å². The largest absolute Gasteiger partial charge is 0.497 e. The highest BCUT2D eigenvalue weighted by Crippen LogP contribution is 2.56. The van der Waals surface area contributed by atoms with E-state index >= 15 is 0 Å². The molecule has 0 saturated carbocycles. The Morgan fingerprint density at radius 3 is 2.80 bits per heavy atom. The van der Waals surface area contributed by atoms with Crippen molar-refractivity contribution >= 4 is 34.8 Å². The van der Waals surface area contributed by atoms with Crippen LogP contribution in [0, 0.1) is 12.8 Å². The number of carbonyl (C=O) groups is 2. The van der Waals surface area contributed by atoms with E-state index in [1.807, 2.05) is 31.2 Å². The number of hydrogen-bond acceptors (Lipinski definition) is 4. The van der Waals surface area contributed by atoms with Gasteiger partial charge < -0.3 is 15.4 Å². The van der Waals surface area contributed by atoms with Gasteiger partial charge in [-0.1, -0.05) is 11.6 Å². The monoisotopic (exact) mass is 425 g/mol. The van der Waals surface area contributed by atoms with Crippen LogP contribution in [0.15, 0.2) is 36.4 Å². The third-order valence-electron chi connectivity index (χ3n) is 6.81. The molecule has 2 aromatic carbocycles. The van der Waals surface area contributed by atoms with Crippen LogP contribution in [0.4, 0.5) is 11.4 Å². The lowest BCUT2D eigenvalue weighted by molar-refractivity contribution is -0.135. The number of rotatable bonds is 3. The number of anilines is 2. The molecule has 0 aromatic heterocycles. The number of halogens is 1. The number of benzene rings is 2. The maximum absolute atomic E-state index is 13.5. The van der Waals surface area contributed by atoms with E-state index in [2.05, 4.69) is 15.5 Å². The highest BCUT2D eigenvalue weighted by Gasteiger charge is 2.65. The molecule has 3 aliphatic heterocycles. The minimum absolute atomic E-state index is 0.123. The van der Waals surface area contributed by atoms with Crippen LogP contribution in [0.3, 0.4) is 0 Å². The predicted molar refractivity (Wildman–Crippen MR) is 116 cm³/mol. The summed E-state index contributed by atoms with van der Waals surface area (Å²) >= 11 is 6.40. The molecule has 0 bridgehead atoms. The lowest BCUT2D eigenvalue weighted by Crippen LogP contribution is -2.53. The maximum atomic E-state index is 13.5. The van der Waals surface area contributed by atoms with Crippen LogP contribution in [0.25, 0.3) is 0 Å². The van der Waals surface area contributed by atoms with E-state index < -0.39 is 11.5 Å². The zero-order valence-corrected chi connectivity index (χ0v) is 17.8. The van der Waals surface area contributed by atoms with Crippen LogP contribution in [-0.4, -0.2) is 36.4 Å². The summed E-state index contributed by atoms with van der Waals surface area (Å²) < 4.78 is 5.19. The molecule has 3 aliphatic rings. The molecular weight excluding hydrogens is 402 g/mol. The second-order valence-electron chi connectivity index (χ2n) is 8.36. The third kappa shape index (κ3) is 2.67. The molecule has 30 heavy (non-hydrogen) atoms. The predicted octanol–water partition coefficient (Wildman–Crippen LogP) is 3.93. The van der Waals surface area contributed by atoms with Crippen molar-refractivity contribution in [3.63, 3.8) is 0 Å². The van der Waals surface area contributed by atoms with Crippen molar-refractivity contribution in [2.24, 2.45) is 5.92 Å². The van der Waals surface area contributed by atoms with Crippen LogP contribution in [0.2, 0.25) is 5.02 Å². The van der Waals surface area contributed by atoms with E-state index in [0.717, 1.165) is 42.0 Å². The highest BCUT2D eigenvalue weighted by molar-refractivity contribution is 6.31. The number of aryl methyl sites for hydroxylation is 1. The van der Waals surface area contributed by atoms with Crippen LogP contribution >= 0.6 is 11.6 Å². The first-order valence-corrected chi connectivity index (χ1v) is 10.7. The zero-order chi connectivity index (χ0) is 21.0. The molecule has 7 heteroatoms. The summed E-state index contributed by atoms with van der Waals surface area (Å²) in [6.07, 6.45) is 2.68. The Balaban J connectivity index is 1.57. The van der Waals surface area contributed by atoms with E-state index in [1.165, 1.54) is 0 Å². The van der Waals surface area contributed by atoms with E-state index in [4.69, 9.17) is 16.3 Å². The molecule has 2 fully saturated rings. The normalized spacial score (nSPS) is 27.1. The molecule has 5 rings (SSSR count). The lowest BCUT2D eigenvalue weighted by atomic mass is 9.78. The van der Waals surface area contributed by atoms with Gasteiger partial charge in [0.2, 0.25) is 11.8 Å². The molecule has 2 N–H and O–H groups in total. The van der Waals surface area contributed by atoms with Gasteiger partial charge in [-0.05, 0) is 74.7 Å². The van der Waals surface area contributed by atoms with Gasteiger partial charge in [0.1, 0.15) is 11.3 Å². The summed E-state index contributed by atoms with van der Waals surface area (Å²) in [6.45, 7) is 2.74. The number of nitrogens with one attached hydrogen (secondary N) is 2. The van der Waals surface area contributed by atoms with E-state index in [1.54, 1.807) is 19.2 Å². The highest BCUT2D eigenvalue weighted by atomic mass is 35.5. The van der Waals surface area contributed by atoms with Crippen molar-refractivity contribution in [3.8, 4) is 5.75 Å². The smallest absolute Gasteiger partial charge is 0.250 e. The van der Waals surface area contributed by atoms with Crippen molar-refractivity contribution in [3.05, 3.63) is 52.5 Å². The maximum Gasteiger partial charge on any atom is 0.250 e. The van der Waals surface area contributed by atoms with E-state index in [0.29, 0.717) is 17.1 Å². The number of hydrogen-bond donors (Lipinski definition) is 2. The van der Waals surface area contributed by atoms with Crippen molar-refractivity contribution in [1.82, 2.24) is 4.90 Å². The quantitative estimate of drug-likeness (QED) is 0.781. The molecule has 156 valence electrons. The molecule has 3 heterocycles. The van der Waals surface area contributed by atoms with Crippen molar-refractivity contribution < 1.29 is 14.3 Å². The average Bonchev–Trinajstić information content (AvgIpc) is 3.38. The number of nitrogens with zero attached hydrogens (tertiary/aromatic N) is 1. The standard InChI is InChI=1S/C23H24ClN3O3/c1-13-10-14(24)11-18-20(13)26-22(29)23(18)19(12-16-4-3-9-27(16)23)21(28)25-15-5-7-17(30-2)8-6-15/h5-8,10-11,16,19H,3-4,9,12H2,1-2H3,(H,25,28)(H,26,29)/t16-,19+,23+/m1/s1. The van der Waals surface area contributed by atoms with Crippen molar-refractivity contribution in [2.75, 3.05) is 24.3 Å². The fraction of sp³-hybridized carbons (Fsp3) is 0.391. The number of fused-ring (bicyclic) bond motifs is 4. The molecule has 6 nitrogen and oxygen atoms in total. The fourth-order valence-corrected chi connectivity index (χ4v) is 5.83. The number of methoxy groups -OCH3 is 1. The number of amides is 2. The third-order valence-corrected chi connectivity index (χ3v) is 7.03. The minimum Gasteiger partial charge on any atom is -0.497 e. The Labute approximate surface area is 180 Å². The number of carbonyl (C=O) groups excluding carboxylic acids is 2. The molecule has 0 unspecified atom stereocenters. The molecular formula is C23H24ClN3O3. The second kappa shape index (κ2) is 7.00. The molecule has 2 amide bonds. The van der Waals surface area contributed by atoms with Gasteiger partial charge in [0.15, 0.2) is 0 Å². The van der Waals surface area contributed by atoms with Crippen molar-refractivity contribution in [2.45, 2.75) is 37.8 Å². The Kier molecular flexibility index (Phi) is 4.52. The van der Waals surface area contributed by atoms with Gasteiger partial charge in [0, 0.05) is 28.0 Å². The molecule has 0 aliphatic carbocycles. The first-order valence-electron chi connectivity index (χ1n) is 10.3. The van der Waals surface area contributed by atoms with Gasteiger partial charge >= 0.3 is 0 Å². The Morgan fingerprint density at radius 2 is 2.07 bits per heavy atom. The molecule has 1 spiro atoms. The molecule has 2 aromatic rings. The van der Waals surface area contributed by atoms with Gasteiger partial charge in [0.25, 0.3) is 0 Å². The summed E-state index contributed by atoms with van der Waals surface area (Å²) in [5.41, 5.74) is 2.21. The Bertz CT molecular complexity index is 1040. The van der Waals surface area contributed by atoms with Crippen molar-refractivity contribution in [1.29, 1.82) is 0 Å². The number of ether oxygens (including phenoxy) is 1. The Hall–Kier alpha value is -2.57. The first-order chi connectivity index (χ1) is 14.4. The Morgan fingerprint density at radius 1 is 1.30 bits per heavy atom. The van der Waals surface area contributed by atoms with Gasteiger partial charge in [-0.2, -0.15) is 0 Å². The van der Waals surface area contributed by atoms with Gasteiger partial charge in [-0.15, -0.1) is 0 Å². The summed E-state index contributed by atoms with van der Waals surface area (Å²) in [6, 6.07) is 11.1. The van der Waals surface area contributed by atoms with Gasteiger partial charge in [-0.25, -0.2) is 0 Å². The van der Waals surface area contributed by atoms with Gasteiger partial charge in [-0.3, -0.25) is 14.5 Å². The molecule has 2 saturated heterocycles. The fourth-order valence-electron chi connectivity index (χ4n) is 5.56. The summed E-state index contributed by atoms with van der Waals surface area (Å²) in [5.74, 6) is -0.0402. The van der Waals surface area contributed by atoms with Crippen LogP contribution in [0.1, 0.15) is 30.4 Å². The minimum atomic E-state index is -1.01. The average molecular weight is 426 g/mol. The second-order valence-corrected chi connectivity index (χ2v) is 8.80. The topological polar surface area (TPSA) is 70.7 Å². The van der Waals surface area contributed by atoms with Crippen LogP contribution < -0.4 is 15.4 Å². The SMILES string of the molecule is COc1ccc(NC(=O)[C@@H]2C[C@H]3CCCN3[C@]23C(=O)Nc2c(C)cc(Cl)cc23)cc1. The summed E-state index contributed by atoms with van der Waals surface area (Å²) in [5, 5.41) is 6.67. The van der Waals surface area contributed by atoms with E-state index in [9.17, 15) is 9.59 Å². The summed E-state index contributed by atoms with van der Waals surface area (Å²) in [4.78, 5) is 29.3. The van der Waals surface area contributed by atoms with Crippen LogP contribution in [-0.2, 0) is 15.1 Å². The van der Waals surface area contributed by atoms with Gasteiger partial charge in [0.05, 0.1) is 13.0 Å². The van der Waals surface area contributed by atoms with Crippen LogP contribution in [0.5, 0.6) is 5.75 Å². The zero-order valence-electron chi connectivity index (χ0n) is 17.0. The first kappa shape index (κ1) is 19.4. The summed E-state index contributed by atoms with van der Waals surface area (Å²) in [7, 11) is 1.60. The molecule has 3 atom stereocenters. The molecule has 0 radical (unpaired) electrons. The lowest BCUT2D eigenvalue weighted by Gasteiger charge is -2.36.